The summed E-state index contributed by atoms with van der Waals surface area (Å²) in [6.45, 7) is 7.86. The summed E-state index contributed by atoms with van der Waals surface area (Å²) < 4.78 is 0.988. The van der Waals surface area contributed by atoms with E-state index in [9.17, 15) is 4.79 Å². The second kappa shape index (κ2) is 6.48. The lowest BCUT2D eigenvalue weighted by atomic mass is 10.1. The largest absolute Gasteiger partial charge is 0.353 e. The van der Waals surface area contributed by atoms with Gasteiger partial charge in [-0.15, -0.1) is 0 Å². The van der Waals surface area contributed by atoms with Gasteiger partial charge in [0.1, 0.15) is 5.69 Å². The zero-order valence-corrected chi connectivity index (χ0v) is 14.8. The van der Waals surface area contributed by atoms with E-state index < -0.39 is 0 Å². The van der Waals surface area contributed by atoms with Crippen molar-refractivity contribution in [1.29, 1.82) is 0 Å². The Labute approximate surface area is 139 Å². The molecule has 0 aliphatic carbocycles. The van der Waals surface area contributed by atoms with Crippen molar-refractivity contribution in [2.45, 2.75) is 33.2 Å². The number of rotatable bonds is 3. The van der Waals surface area contributed by atoms with Crippen molar-refractivity contribution in [3.8, 4) is 0 Å². The molecular formula is C17H20BrN3O. The number of aryl methyl sites for hydroxylation is 1. The Balaban J connectivity index is 2.10. The van der Waals surface area contributed by atoms with E-state index in [4.69, 9.17) is 0 Å². The van der Waals surface area contributed by atoms with Crippen LogP contribution in [0.15, 0.2) is 41.0 Å². The number of hydrogen-bond acceptors (Lipinski definition) is 3. The summed E-state index contributed by atoms with van der Waals surface area (Å²) in [5, 5.41) is 6.16. The maximum atomic E-state index is 12.0. The quantitative estimate of drug-likeness (QED) is 0.850. The standard InChI is InChI=1S/C17H20BrN3O/c1-11-5-7-14(13(18)9-11)20-12-6-8-15(19-10-12)16(22)21-17(2,3)4/h5-10,20H,1-4H3,(H,21,22). The van der Waals surface area contributed by atoms with Gasteiger partial charge in [-0.1, -0.05) is 6.07 Å². The summed E-state index contributed by atoms with van der Waals surface area (Å²) >= 11 is 3.53. The van der Waals surface area contributed by atoms with Crippen LogP contribution in [0.2, 0.25) is 0 Å². The first-order chi connectivity index (χ1) is 10.2. The number of aromatic nitrogens is 1. The predicted molar refractivity (Wildman–Crippen MR) is 93.6 cm³/mol. The Kier molecular flexibility index (Phi) is 4.86. The summed E-state index contributed by atoms with van der Waals surface area (Å²) in [6.07, 6.45) is 1.66. The molecule has 1 aromatic carbocycles. The molecule has 2 aromatic rings. The van der Waals surface area contributed by atoms with Crippen molar-refractivity contribution in [3.05, 3.63) is 52.3 Å². The Morgan fingerprint density at radius 3 is 2.45 bits per heavy atom. The molecule has 0 bridgehead atoms. The van der Waals surface area contributed by atoms with Crippen molar-refractivity contribution >= 4 is 33.2 Å². The number of pyridine rings is 1. The summed E-state index contributed by atoms with van der Waals surface area (Å²) in [7, 11) is 0. The maximum absolute atomic E-state index is 12.0. The van der Waals surface area contributed by atoms with Gasteiger partial charge in [0.05, 0.1) is 17.6 Å². The third kappa shape index (κ3) is 4.56. The van der Waals surface area contributed by atoms with E-state index in [1.165, 1.54) is 5.56 Å². The Hall–Kier alpha value is -1.88. The van der Waals surface area contributed by atoms with Gasteiger partial charge in [0.2, 0.25) is 0 Å². The van der Waals surface area contributed by atoms with Gasteiger partial charge in [0.15, 0.2) is 0 Å². The SMILES string of the molecule is Cc1ccc(Nc2ccc(C(=O)NC(C)(C)C)nc2)c(Br)c1. The van der Waals surface area contributed by atoms with E-state index in [0.29, 0.717) is 5.69 Å². The number of nitrogens with one attached hydrogen (secondary N) is 2. The third-order valence-electron chi connectivity index (χ3n) is 2.89. The van der Waals surface area contributed by atoms with Gasteiger partial charge in [-0.3, -0.25) is 4.79 Å². The number of hydrogen-bond donors (Lipinski definition) is 2. The van der Waals surface area contributed by atoms with E-state index in [1.54, 1.807) is 12.3 Å². The number of halogens is 1. The fraction of sp³-hybridized carbons (Fsp3) is 0.294. The number of carbonyl (C=O) groups is 1. The molecule has 5 heteroatoms. The first-order valence-corrected chi connectivity index (χ1v) is 7.86. The average Bonchev–Trinajstić information content (AvgIpc) is 2.41. The molecule has 22 heavy (non-hydrogen) atoms. The van der Waals surface area contributed by atoms with Crippen LogP contribution in [-0.4, -0.2) is 16.4 Å². The van der Waals surface area contributed by atoms with Crippen LogP contribution in [0.1, 0.15) is 36.8 Å². The van der Waals surface area contributed by atoms with Crippen LogP contribution in [0.3, 0.4) is 0 Å². The van der Waals surface area contributed by atoms with Crippen LogP contribution in [0.25, 0.3) is 0 Å². The van der Waals surface area contributed by atoms with Gasteiger partial charge >= 0.3 is 0 Å². The lowest BCUT2D eigenvalue weighted by Crippen LogP contribution is -2.40. The van der Waals surface area contributed by atoms with Crippen molar-refractivity contribution in [3.63, 3.8) is 0 Å². The lowest BCUT2D eigenvalue weighted by molar-refractivity contribution is 0.0914. The first-order valence-electron chi connectivity index (χ1n) is 7.06. The average molecular weight is 362 g/mol. The molecule has 0 unspecified atom stereocenters. The van der Waals surface area contributed by atoms with Crippen LogP contribution in [0.5, 0.6) is 0 Å². The normalized spacial score (nSPS) is 11.1. The molecule has 0 saturated carbocycles. The smallest absolute Gasteiger partial charge is 0.270 e. The maximum Gasteiger partial charge on any atom is 0.270 e. The summed E-state index contributed by atoms with van der Waals surface area (Å²) in [5.74, 6) is -0.171. The second-order valence-electron chi connectivity index (χ2n) is 6.24. The molecule has 0 atom stereocenters. The zero-order valence-electron chi connectivity index (χ0n) is 13.2. The zero-order chi connectivity index (χ0) is 16.3. The van der Waals surface area contributed by atoms with Gasteiger partial charge in [-0.25, -0.2) is 4.98 Å². The highest BCUT2D eigenvalue weighted by molar-refractivity contribution is 9.10. The molecule has 0 spiro atoms. The molecule has 2 rings (SSSR count). The highest BCUT2D eigenvalue weighted by atomic mass is 79.9. The van der Waals surface area contributed by atoms with Crippen LogP contribution < -0.4 is 10.6 Å². The molecule has 0 saturated heterocycles. The molecule has 4 nitrogen and oxygen atoms in total. The van der Waals surface area contributed by atoms with E-state index in [2.05, 4.69) is 31.5 Å². The van der Waals surface area contributed by atoms with Gasteiger partial charge in [0, 0.05) is 10.0 Å². The number of nitrogens with zero attached hydrogens (tertiary/aromatic N) is 1. The first kappa shape index (κ1) is 16.5. The van der Waals surface area contributed by atoms with Crippen LogP contribution in [-0.2, 0) is 0 Å². The number of anilines is 2. The number of carbonyl (C=O) groups excluding carboxylic acids is 1. The van der Waals surface area contributed by atoms with Crippen LogP contribution in [0, 0.1) is 6.92 Å². The summed E-state index contributed by atoms with van der Waals surface area (Å²) in [6, 6.07) is 9.63. The van der Waals surface area contributed by atoms with Crippen LogP contribution >= 0.6 is 15.9 Å². The highest BCUT2D eigenvalue weighted by Crippen LogP contribution is 2.26. The van der Waals surface area contributed by atoms with Crippen LogP contribution in [0.4, 0.5) is 11.4 Å². The van der Waals surface area contributed by atoms with Gasteiger partial charge < -0.3 is 10.6 Å². The topological polar surface area (TPSA) is 54.0 Å². The molecule has 1 heterocycles. The minimum Gasteiger partial charge on any atom is -0.353 e. The summed E-state index contributed by atoms with van der Waals surface area (Å²) in [4.78, 5) is 16.2. The number of amides is 1. The van der Waals surface area contributed by atoms with Crippen molar-refractivity contribution in [2.75, 3.05) is 5.32 Å². The lowest BCUT2D eigenvalue weighted by Gasteiger charge is -2.20. The fourth-order valence-corrected chi connectivity index (χ4v) is 2.48. The minimum atomic E-state index is -0.275. The molecule has 0 aliphatic rings. The van der Waals surface area contributed by atoms with Gasteiger partial charge in [-0.05, 0) is 73.5 Å². The molecule has 0 aliphatic heterocycles. The predicted octanol–water partition coefficient (Wildman–Crippen LogP) is 4.42. The van der Waals surface area contributed by atoms with Crippen molar-refractivity contribution in [1.82, 2.24) is 10.3 Å². The van der Waals surface area contributed by atoms with E-state index >= 15 is 0 Å². The van der Waals surface area contributed by atoms with E-state index in [-0.39, 0.29) is 11.4 Å². The monoisotopic (exact) mass is 361 g/mol. The van der Waals surface area contributed by atoms with Crippen molar-refractivity contribution in [2.24, 2.45) is 0 Å². The highest BCUT2D eigenvalue weighted by Gasteiger charge is 2.16. The van der Waals surface area contributed by atoms with Gasteiger partial charge in [-0.2, -0.15) is 0 Å². The van der Waals surface area contributed by atoms with E-state index in [0.717, 1.165) is 15.8 Å². The molecule has 0 radical (unpaired) electrons. The fourth-order valence-electron chi connectivity index (χ4n) is 1.88. The molecule has 1 aromatic heterocycles. The number of benzene rings is 1. The van der Waals surface area contributed by atoms with Crippen molar-refractivity contribution < 1.29 is 4.79 Å². The molecule has 2 N–H and O–H groups in total. The Morgan fingerprint density at radius 1 is 1.18 bits per heavy atom. The molecule has 1 amide bonds. The second-order valence-corrected chi connectivity index (χ2v) is 7.10. The van der Waals surface area contributed by atoms with E-state index in [1.807, 2.05) is 52.0 Å². The molecule has 0 fully saturated rings. The third-order valence-corrected chi connectivity index (χ3v) is 3.54. The molecule has 116 valence electrons. The summed E-state index contributed by atoms with van der Waals surface area (Å²) in [5.41, 5.74) is 3.10. The minimum absolute atomic E-state index is 0.171. The Morgan fingerprint density at radius 2 is 1.91 bits per heavy atom. The Bertz CT molecular complexity index is 675. The molecular weight excluding hydrogens is 342 g/mol. The van der Waals surface area contributed by atoms with Gasteiger partial charge in [0.25, 0.3) is 5.91 Å².